The van der Waals surface area contributed by atoms with Crippen molar-refractivity contribution in [2.45, 2.75) is 48.6 Å². The molecule has 4 amide bonds. The molecule has 0 bridgehead atoms. The number of urea groups is 1. The van der Waals surface area contributed by atoms with Crippen LogP contribution >= 0.6 is 11.8 Å². The number of aromatic hydroxyl groups is 2. The van der Waals surface area contributed by atoms with Crippen LogP contribution in [-0.2, 0) is 29.3 Å². The molecular weight excluding hydrogens is 733 g/mol. The van der Waals surface area contributed by atoms with E-state index in [9.17, 15) is 29.4 Å². The van der Waals surface area contributed by atoms with Crippen LogP contribution in [0.5, 0.6) is 23.0 Å². The van der Waals surface area contributed by atoms with Crippen molar-refractivity contribution in [2.24, 2.45) is 0 Å². The molecule has 6 N–H and O–H groups in total. The standard InChI is InChI=1S/C39H44N4O11S/c44-24-6-9-27-31(20-24)53-32-21-25(45)7-10-28(32)39(27)29-19-23(5-8-26(29)37(48)54-39)36(47)41-12-14-51-16-18-52-17-15-50-13-11-40-34(46)4-2-1-3-33-35-30(22-55-33)42-38(49)43-35/h5-10,19-21,30,33,35,44-45H,1-4,11-18,22H2,(H,40,46)(H,41,47)(H2,42,43,49)/t30?,33-,35?/m1/s1. The maximum Gasteiger partial charge on any atom is 0.340 e. The van der Waals surface area contributed by atoms with Crippen LogP contribution in [-0.4, -0.2) is 110 Å². The van der Waals surface area contributed by atoms with Gasteiger partial charge in [0, 0.05) is 64.9 Å². The summed E-state index contributed by atoms with van der Waals surface area (Å²) in [7, 11) is 0. The Morgan fingerprint density at radius 3 is 2.15 bits per heavy atom. The van der Waals surface area contributed by atoms with E-state index in [1.807, 2.05) is 11.8 Å². The molecule has 292 valence electrons. The van der Waals surface area contributed by atoms with Crippen molar-refractivity contribution in [2.75, 3.05) is 58.5 Å². The summed E-state index contributed by atoms with van der Waals surface area (Å²) in [4.78, 5) is 50.0. The lowest BCUT2D eigenvalue weighted by atomic mass is 9.77. The SMILES string of the molecule is O=C(CCCC[C@H]1SCC2NC(=O)NC21)NCCOCCOCCOCCNC(=O)c1ccc2c(c1)C1(OC2=O)c2ccc(O)cc2Oc2cc(O)ccc21. The average molecular weight is 777 g/mol. The maximum atomic E-state index is 13.2. The predicted octanol–water partition coefficient (Wildman–Crippen LogP) is 3.29. The first kappa shape index (κ1) is 38.3. The van der Waals surface area contributed by atoms with Gasteiger partial charge in [-0.2, -0.15) is 11.8 Å². The van der Waals surface area contributed by atoms with E-state index in [1.165, 1.54) is 24.3 Å². The number of unbranched alkanes of at least 4 members (excludes halogenated alkanes) is 1. The van der Waals surface area contributed by atoms with Gasteiger partial charge in [-0.25, -0.2) is 9.59 Å². The molecule has 0 aromatic heterocycles. The number of carbonyl (C=O) groups is 4. The van der Waals surface area contributed by atoms with Crippen molar-refractivity contribution >= 4 is 35.6 Å². The molecule has 2 fully saturated rings. The summed E-state index contributed by atoms with van der Waals surface area (Å²) in [5, 5.41) is 32.3. The smallest absolute Gasteiger partial charge is 0.340 e. The Morgan fingerprint density at radius 1 is 0.800 bits per heavy atom. The fourth-order valence-corrected chi connectivity index (χ4v) is 8.89. The average Bonchev–Trinajstić information content (AvgIpc) is 3.82. The normalized spacial score (nSPS) is 19.7. The topological polar surface area (TPSA) is 203 Å². The molecule has 0 radical (unpaired) electrons. The molecule has 7 rings (SSSR count). The van der Waals surface area contributed by atoms with Crippen molar-refractivity contribution in [1.29, 1.82) is 0 Å². The molecule has 4 heterocycles. The van der Waals surface area contributed by atoms with Crippen molar-refractivity contribution in [1.82, 2.24) is 21.3 Å². The van der Waals surface area contributed by atoms with Gasteiger partial charge in [-0.1, -0.05) is 6.42 Å². The number of esters is 1. The number of phenols is 2. The zero-order chi connectivity index (χ0) is 38.4. The van der Waals surface area contributed by atoms with E-state index >= 15 is 0 Å². The minimum absolute atomic E-state index is 0.00476. The molecule has 55 heavy (non-hydrogen) atoms. The first-order valence-electron chi connectivity index (χ1n) is 18.4. The maximum absolute atomic E-state index is 13.2. The summed E-state index contributed by atoms with van der Waals surface area (Å²) in [6.07, 6.45) is 3.20. The molecule has 0 saturated carbocycles. The Labute approximate surface area is 321 Å². The second-order valence-corrected chi connectivity index (χ2v) is 14.9. The summed E-state index contributed by atoms with van der Waals surface area (Å²) in [5.74, 6) is 0.386. The summed E-state index contributed by atoms with van der Waals surface area (Å²) in [5.41, 5.74) is 0.497. The largest absolute Gasteiger partial charge is 0.508 e. The number of rotatable bonds is 18. The fourth-order valence-electron chi connectivity index (χ4n) is 7.35. The quantitative estimate of drug-likeness (QED) is 0.0627. The molecule has 2 saturated heterocycles. The van der Waals surface area contributed by atoms with Crippen LogP contribution in [0.1, 0.15) is 63.1 Å². The van der Waals surface area contributed by atoms with E-state index in [1.54, 1.807) is 30.3 Å². The van der Waals surface area contributed by atoms with Crippen LogP contribution in [0.4, 0.5) is 4.79 Å². The predicted molar refractivity (Wildman–Crippen MR) is 200 cm³/mol. The molecule has 4 aliphatic heterocycles. The monoisotopic (exact) mass is 776 g/mol. The van der Waals surface area contributed by atoms with E-state index in [0.29, 0.717) is 73.5 Å². The molecule has 2 unspecified atom stereocenters. The number of hydrogen-bond donors (Lipinski definition) is 6. The van der Waals surface area contributed by atoms with Crippen LogP contribution in [0.25, 0.3) is 0 Å². The van der Waals surface area contributed by atoms with E-state index < -0.39 is 11.6 Å². The Kier molecular flexibility index (Phi) is 12.0. The Balaban J connectivity index is 0.762. The van der Waals surface area contributed by atoms with Crippen LogP contribution in [0, 0.1) is 0 Å². The lowest BCUT2D eigenvalue weighted by molar-refractivity contribution is -0.121. The van der Waals surface area contributed by atoms with Crippen molar-refractivity contribution in [3.63, 3.8) is 0 Å². The van der Waals surface area contributed by atoms with Crippen molar-refractivity contribution < 1.29 is 53.1 Å². The molecular formula is C39H44N4O11S. The molecule has 3 aromatic carbocycles. The second kappa shape index (κ2) is 17.2. The molecule has 16 heteroatoms. The van der Waals surface area contributed by atoms with Gasteiger partial charge in [-0.15, -0.1) is 0 Å². The highest BCUT2D eigenvalue weighted by atomic mass is 32.2. The molecule has 4 aliphatic rings. The number of ether oxygens (including phenoxy) is 5. The van der Waals surface area contributed by atoms with Gasteiger partial charge < -0.3 is 55.2 Å². The Morgan fingerprint density at radius 2 is 1.45 bits per heavy atom. The van der Waals surface area contributed by atoms with Crippen LogP contribution < -0.4 is 26.0 Å². The van der Waals surface area contributed by atoms with E-state index in [2.05, 4.69) is 21.3 Å². The molecule has 15 nitrogen and oxygen atoms in total. The number of carbonyl (C=O) groups excluding carboxylic acids is 4. The van der Waals surface area contributed by atoms with Crippen LogP contribution in [0.3, 0.4) is 0 Å². The highest BCUT2D eigenvalue weighted by molar-refractivity contribution is 8.00. The van der Waals surface area contributed by atoms with E-state index in [0.717, 1.165) is 25.0 Å². The van der Waals surface area contributed by atoms with Crippen LogP contribution in [0.2, 0.25) is 0 Å². The van der Waals surface area contributed by atoms with Gasteiger partial charge in [-0.3, -0.25) is 9.59 Å². The van der Waals surface area contributed by atoms with Gasteiger partial charge in [0.25, 0.3) is 5.91 Å². The molecule has 3 aromatic rings. The summed E-state index contributed by atoms with van der Waals surface area (Å²) < 4.78 is 28.7. The lowest BCUT2D eigenvalue weighted by Gasteiger charge is -2.36. The number of phenolic OH excluding ortho intramolecular Hbond substituents is 2. The molecule has 1 spiro atoms. The van der Waals surface area contributed by atoms with Gasteiger partial charge in [0.2, 0.25) is 5.91 Å². The van der Waals surface area contributed by atoms with Crippen molar-refractivity contribution in [3.8, 4) is 23.0 Å². The second-order valence-electron chi connectivity index (χ2n) is 13.6. The summed E-state index contributed by atoms with van der Waals surface area (Å²) in [6.45, 7) is 2.74. The number of benzene rings is 3. The van der Waals surface area contributed by atoms with Gasteiger partial charge in [0.15, 0.2) is 5.60 Å². The van der Waals surface area contributed by atoms with E-state index in [-0.39, 0.29) is 71.6 Å². The third-order valence-corrected chi connectivity index (χ3v) is 11.5. The third kappa shape index (κ3) is 8.47. The van der Waals surface area contributed by atoms with Gasteiger partial charge >= 0.3 is 12.0 Å². The number of nitrogens with one attached hydrogen (secondary N) is 4. The minimum atomic E-state index is -1.47. The zero-order valence-electron chi connectivity index (χ0n) is 30.1. The van der Waals surface area contributed by atoms with Gasteiger partial charge in [0.05, 0.1) is 57.3 Å². The van der Waals surface area contributed by atoms with Crippen molar-refractivity contribution in [3.05, 3.63) is 82.4 Å². The highest BCUT2D eigenvalue weighted by Crippen LogP contribution is 2.57. The highest BCUT2D eigenvalue weighted by Gasteiger charge is 2.54. The minimum Gasteiger partial charge on any atom is -0.508 e. The summed E-state index contributed by atoms with van der Waals surface area (Å²) in [6, 6.07) is 14.0. The fraction of sp³-hybridized carbons (Fsp3) is 0.436. The summed E-state index contributed by atoms with van der Waals surface area (Å²) >= 11 is 1.88. The number of hydrogen-bond acceptors (Lipinski definition) is 12. The molecule has 0 aliphatic carbocycles. The first-order chi connectivity index (χ1) is 26.7. The third-order valence-electron chi connectivity index (χ3n) is 9.96. The Hall–Kier alpha value is -5.03. The first-order valence-corrected chi connectivity index (χ1v) is 19.5. The Bertz CT molecular complexity index is 1870. The van der Waals surface area contributed by atoms with Gasteiger partial charge in [-0.05, 0) is 55.3 Å². The zero-order valence-corrected chi connectivity index (χ0v) is 30.9. The van der Waals surface area contributed by atoms with Gasteiger partial charge in [0.1, 0.15) is 23.0 Å². The number of fused-ring (bicyclic) bond motifs is 7. The lowest BCUT2D eigenvalue weighted by Crippen LogP contribution is -2.36. The molecule has 3 atom stereocenters. The van der Waals surface area contributed by atoms with E-state index in [4.69, 9.17) is 23.7 Å². The number of amides is 4. The van der Waals surface area contributed by atoms with Crippen LogP contribution in [0.15, 0.2) is 54.6 Å². The number of thioether (sulfide) groups is 1.